The number of aromatic nitrogens is 6. The molecule has 0 saturated heterocycles. The Bertz CT molecular complexity index is 1740. The van der Waals surface area contributed by atoms with E-state index >= 15 is 0 Å². The lowest BCUT2D eigenvalue weighted by atomic mass is 9.87. The molecule has 0 N–H and O–H groups in total. The van der Waals surface area contributed by atoms with Crippen LogP contribution in [0.5, 0.6) is 5.75 Å². The number of fused-ring (bicyclic) bond motifs is 2. The van der Waals surface area contributed by atoms with Gasteiger partial charge in [-0.25, -0.2) is 9.97 Å². The maximum absolute atomic E-state index is 14.1. The highest BCUT2D eigenvalue weighted by Crippen LogP contribution is 2.38. The number of carbonyl (C=O) groups is 1. The molecule has 4 aromatic heterocycles. The smallest absolute Gasteiger partial charge is 0.394 e. The molecule has 0 saturated carbocycles. The molecule has 5 heterocycles. The third-order valence-electron chi connectivity index (χ3n) is 7.15. The average Bonchev–Trinajstić information content (AvgIpc) is 3.62. The van der Waals surface area contributed by atoms with Crippen LogP contribution in [0.25, 0.3) is 22.2 Å². The fraction of sp³-hybridized carbons (Fsp3) is 0.286. The van der Waals surface area contributed by atoms with E-state index in [1.807, 2.05) is 40.6 Å². The molecule has 0 spiro atoms. The van der Waals surface area contributed by atoms with Gasteiger partial charge in [0.25, 0.3) is 5.91 Å². The summed E-state index contributed by atoms with van der Waals surface area (Å²) in [5.74, 6) is 0.343. The largest absolute Gasteiger partial charge is 0.495 e. The second-order valence-electron chi connectivity index (χ2n) is 9.94. The van der Waals surface area contributed by atoms with Crippen LogP contribution in [-0.4, -0.2) is 54.6 Å². The van der Waals surface area contributed by atoms with Crippen LogP contribution in [0.1, 0.15) is 27.2 Å². The number of hydrogen-bond acceptors (Lipinski definition) is 5. The van der Waals surface area contributed by atoms with Crippen LogP contribution in [0.2, 0.25) is 0 Å². The molecule has 5 aromatic rings. The van der Waals surface area contributed by atoms with Crippen LogP contribution in [0, 0.1) is 0 Å². The lowest BCUT2D eigenvalue weighted by molar-refractivity contribution is -0.127. The van der Waals surface area contributed by atoms with Gasteiger partial charge in [-0.05, 0) is 41.3 Å². The highest BCUT2D eigenvalue weighted by atomic mass is 19.4. The van der Waals surface area contributed by atoms with Crippen molar-refractivity contribution in [2.75, 3.05) is 18.6 Å². The van der Waals surface area contributed by atoms with Crippen molar-refractivity contribution in [3.63, 3.8) is 0 Å². The number of carbonyl (C=O) groups excluding carboxylic acids is 1. The molecule has 9 nitrogen and oxygen atoms in total. The molecule has 0 atom stereocenters. The summed E-state index contributed by atoms with van der Waals surface area (Å²) in [5.41, 5.74) is 4.23. The molecule has 40 heavy (non-hydrogen) atoms. The lowest BCUT2D eigenvalue weighted by Crippen LogP contribution is -2.38. The summed E-state index contributed by atoms with van der Waals surface area (Å²) in [7, 11) is 5.02. The van der Waals surface area contributed by atoms with E-state index in [9.17, 15) is 18.0 Å². The molecular weight excluding hydrogens is 523 g/mol. The minimum Gasteiger partial charge on any atom is -0.495 e. The quantitative estimate of drug-likeness (QED) is 0.311. The molecule has 0 aliphatic carbocycles. The first-order valence-electron chi connectivity index (χ1n) is 12.6. The number of anilines is 1. The standard InChI is InChI=1S/C28H26F3N7O2/c1-35-15-25(22-10-18(40-3)12-33-26(22)35)38-6-4-19-20(23-14-36(2)34-24(23)11-28(29,30)31)8-17(9-21(19)27(38)39)13-37-7-5-32-16-37/h5,7-10,12,14-16H,4,6,11,13H2,1-3H3. The van der Waals surface area contributed by atoms with E-state index in [0.29, 0.717) is 58.8 Å². The number of pyridine rings is 1. The SMILES string of the molecule is COc1cnc2c(c1)c(N1CCc3c(cc(Cn4ccnc4)cc3-c3cn(C)nc3CC(F)(F)F)C1=O)cn2C. The average molecular weight is 550 g/mol. The summed E-state index contributed by atoms with van der Waals surface area (Å²) in [6, 6.07) is 5.54. The number of nitrogens with zero attached hydrogens (tertiary/aromatic N) is 7. The van der Waals surface area contributed by atoms with Crippen LogP contribution in [0.4, 0.5) is 18.9 Å². The third kappa shape index (κ3) is 4.59. The number of hydrogen-bond donors (Lipinski definition) is 0. The van der Waals surface area contributed by atoms with Gasteiger partial charge in [0, 0.05) is 68.5 Å². The summed E-state index contributed by atoms with van der Waals surface area (Å²) < 4.78 is 50.8. The lowest BCUT2D eigenvalue weighted by Gasteiger charge is -2.30. The summed E-state index contributed by atoms with van der Waals surface area (Å²) >= 11 is 0. The molecule has 1 aromatic carbocycles. The first kappa shape index (κ1) is 25.7. The zero-order valence-electron chi connectivity index (χ0n) is 22.1. The van der Waals surface area contributed by atoms with Crippen LogP contribution in [0.3, 0.4) is 0 Å². The molecule has 12 heteroatoms. The second kappa shape index (κ2) is 9.54. The van der Waals surface area contributed by atoms with Gasteiger partial charge in [0.2, 0.25) is 0 Å². The van der Waals surface area contributed by atoms with Gasteiger partial charge in [0.1, 0.15) is 11.4 Å². The van der Waals surface area contributed by atoms with E-state index in [1.54, 1.807) is 50.2 Å². The number of rotatable bonds is 6. The zero-order valence-corrected chi connectivity index (χ0v) is 22.1. The van der Waals surface area contributed by atoms with Crippen LogP contribution in [-0.2, 0) is 33.5 Å². The fourth-order valence-electron chi connectivity index (χ4n) is 5.44. The van der Waals surface area contributed by atoms with Crippen molar-refractivity contribution < 1.29 is 22.7 Å². The number of halogens is 3. The molecule has 0 unspecified atom stereocenters. The minimum atomic E-state index is -4.42. The van der Waals surface area contributed by atoms with E-state index in [1.165, 1.54) is 4.68 Å². The number of ether oxygens (including phenoxy) is 1. The van der Waals surface area contributed by atoms with E-state index in [0.717, 1.165) is 10.9 Å². The minimum absolute atomic E-state index is 0.0703. The second-order valence-corrected chi connectivity index (χ2v) is 9.94. The van der Waals surface area contributed by atoms with Crippen molar-refractivity contribution >= 4 is 22.6 Å². The van der Waals surface area contributed by atoms with Crippen LogP contribution >= 0.6 is 0 Å². The highest BCUT2D eigenvalue weighted by Gasteiger charge is 2.34. The maximum Gasteiger partial charge on any atom is 0.394 e. The Morgan fingerprint density at radius 1 is 1.07 bits per heavy atom. The molecule has 6 rings (SSSR count). The van der Waals surface area contributed by atoms with Crippen molar-refractivity contribution in [2.45, 2.75) is 25.6 Å². The third-order valence-corrected chi connectivity index (χ3v) is 7.15. The first-order chi connectivity index (χ1) is 19.1. The Balaban J connectivity index is 1.50. The van der Waals surface area contributed by atoms with Gasteiger partial charge in [0.05, 0.1) is 37.4 Å². The number of aryl methyl sites for hydroxylation is 2. The Morgan fingerprint density at radius 3 is 2.60 bits per heavy atom. The predicted octanol–water partition coefficient (Wildman–Crippen LogP) is 4.53. The number of amides is 1. The Morgan fingerprint density at radius 2 is 1.88 bits per heavy atom. The van der Waals surface area contributed by atoms with E-state index in [-0.39, 0.29) is 11.6 Å². The fourth-order valence-corrected chi connectivity index (χ4v) is 5.44. The molecule has 1 aliphatic rings. The van der Waals surface area contributed by atoms with Gasteiger partial charge in [-0.15, -0.1) is 0 Å². The summed E-state index contributed by atoms with van der Waals surface area (Å²) in [4.78, 5) is 24.4. The van der Waals surface area contributed by atoms with Crippen molar-refractivity contribution in [1.29, 1.82) is 0 Å². The molecule has 0 radical (unpaired) electrons. The number of alkyl halides is 3. The van der Waals surface area contributed by atoms with Gasteiger partial charge < -0.3 is 18.8 Å². The van der Waals surface area contributed by atoms with Gasteiger partial charge in [0.15, 0.2) is 0 Å². The van der Waals surface area contributed by atoms with Crippen LogP contribution in [0.15, 0.2) is 55.5 Å². The van der Waals surface area contributed by atoms with Crippen molar-refractivity contribution in [3.8, 4) is 16.9 Å². The van der Waals surface area contributed by atoms with Crippen molar-refractivity contribution in [2.24, 2.45) is 14.1 Å². The van der Waals surface area contributed by atoms with Gasteiger partial charge in [-0.2, -0.15) is 18.3 Å². The van der Waals surface area contributed by atoms with E-state index < -0.39 is 12.6 Å². The Hall–Kier alpha value is -4.61. The highest BCUT2D eigenvalue weighted by molar-refractivity contribution is 6.13. The monoisotopic (exact) mass is 549 g/mol. The number of benzene rings is 1. The summed E-state index contributed by atoms with van der Waals surface area (Å²) in [5, 5.41) is 4.90. The summed E-state index contributed by atoms with van der Waals surface area (Å²) in [6.45, 7) is 0.753. The summed E-state index contributed by atoms with van der Waals surface area (Å²) in [6.07, 6.45) is 5.05. The van der Waals surface area contributed by atoms with E-state index in [4.69, 9.17) is 4.74 Å². The molecule has 1 amide bonds. The molecule has 0 fully saturated rings. The molecule has 1 aliphatic heterocycles. The van der Waals surface area contributed by atoms with Gasteiger partial charge in [-0.3, -0.25) is 9.48 Å². The molecule has 206 valence electrons. The number of imidazole rings is 1. The normalized spacial score (nSPS) is 13.8. The first-order valence-corrected chi connectivity index (χ1v) is 12.6. The number of methoxy groups -OCH3 is 1. The maximum atomic E-state index is 14.1. The van der Waals surface area contributed by atoms with Gasteiger partial charge in [-0.1, -0.05) is 0 Å². The Kier molecular flexibility index (Phi) is 6.12. The Labute approximate surface area is 227 Å². The topological polar surface area (TPSA) is 83.0 Å². The van der Waals surface area contributed by atoms with E-state index in [2.05, 4.69) is 15.1 Å². The predicted molar refractivity (Wildman–Crippen MR) is 142 cm³/mol. The molecular formula is C28H26F3N7O2. The van der Waals surface area contributed by atoms with Crippen molar-refractivity contribution in [3.05, 3.63) is 77.9 Å². The molecule has 0 bridgehead atoms. The zero-order chi connectivity index (χ0) is 28.2. The van der Waals surface area contributed by atoms with Gasteiger partial charge >= 0.3 is 6.18 Å². The van der Waals surface area contributed by atoms with Crippen molar-refractivity contribution in [1.82, 2.24) is 28.9 Å². The van der Waals surface area contributed by atoms with Crippen LogP contribution < -0.4 is 9.64 Å².